The Bertz CT molecular complexity index is 475. The van der Waals surface area contributed by atoms with Gasteiger partial charge in [-0.25, -0.2) is 9.78 Å². The number of carbonyl (C=O) groups is 2. The molecule has 1 aromatic rings. The molecular weight excluding hydrogens is 236 g/mol. The first-order valence-electron chi connectivity index (χ1n) is 5.70. The number of nitrogens with zero attached hydrogens (tertiary/aromatic N) is 1. The second-order valence-electron chi connectivity index (χ2n) is 4.28. The van der Waals surface area contributed by atoms with Crippen molar-refractivity contribution in [2.45, 2.75) is 19.4 Å². The monoisotopic (exact) mass is 250 g/mol. The lowest BCUT2D eigenvalue weighted by Gasteiger charge is -2.13. The van der Waals surface area contributed by atoms with Crippen LogP contribution in [0.2, 0.25) is 0 Å². The van der Waals surface area contributed by atoms with Crippen LogP contribution in [0.4, 0.5) is 5.82 Å². The van der Waals surface area contributed by atoms with Gasteiger partial charge in [0.1, 0.15) is 11.9 Å². The molecule has 0 aromatic carbocycles. The summed E-state index contributed by atoms with van der Waals surface area (Å²) in [5, 5.41) is 11.4. The third kappa shape index (κ3) is 2.65. The van der Waals surface area contributed by atoms with E-state index in [0.717, 1.165) is 6.42 Å². The smallest absolute Gasteiger partial charge is 0.335 e. The highest BCUT2D eigenvalue weighted by molar-refractivity contribution is 5.95. The molecule has 1 saturated heterocycles. The van der Waals surface area contributed by atoms with Gasteiger partial charge in [-0.3, -0.25) is 4.79 Å². The number of carboxylic acids is 1. The second-order valence-corrected chi connectivity index (χ2v) is 4.28. The summed E-state index contributed by atoms with van der Waals surface area (Å²) in [5.74, 6) is -0.955. The van der Waals surface area contributed by atoms with Gasteiger partial charge >= 0.3 is 5.97 Å². The van der Waals surface area contributed by atoms with Crippen molar-refractivity contribution in [2.24, 2.45) is 5.92 Å². The van der Waals surface area contributed by atoms with Gasteiger partial charge in [-0.2, -0.15) is 0 Å². The number of ether oxygens (including phenoxy) is 1. The molecule has 1 aromatic heterocycles. The predicted octanol–water partition coefficient (Wildman–Crippen LogP) is 1.14. The molecule has 0 saturated carbocycles. The number of amides is 1. The number of rotatable bonds is 3. The van der Waals surface area contributed by atoms with Gasteiger partial charge in [0.05, 0.1) is 5.56 Å². The van der Waals surface area contributed by atoms with Gasteiger partial charge in [-0.05, 0) is 24.5 Å². The van der Waals surface area contributed by atoms with Crippen LogP contribution in [-0.2, 0) is 9.53 Å². The second kappa shape index (κ2) is 5.14. The lowest BCUT2D eigenvalue weighted by atomic mass is 10.0. The van der Waals surface area contributed by atoms with Crippen molar-refractivity contribution in [1.82, 2.24) is 4.98 Å². The number of nitrogens with one attached hydrogen (secondary N) is 1. The van der Waals surface area contributed by atoms with Crippen LogP contribution in [0.25, 0.3) is 0 Å². The molecule has 1 aliphatic rings. The average molecular weight is 250 g/mol. The molecule has 1 fully saturated rings. The Morgan fingerprint density at radius 2 is 2.33 bits per heavy atom. The van der Waals surface area contributed by atoms with Crippen molar-refractivity contribution in [3.63, 3.8) is 0 Å². The van der Waals surface area contributed by atoms with Gasteiger partial charge in [0, 0.05) is 12.8 Å². The normalized spacial score (nSPS) is 22.7. The first-order chi connectivity index (χ1) is 8.58. The van der Waals surface area contributed by atoms with Crippen molar-refractivity contribution in [1.29, 1.82) is 0 Å². The SMILES string of the molecule is CC1CCOC1C(=O)Nc1cc(C(=O)O)ccn1. The van der Waals surface area contributed by atoms with E-state index in [-0.39, 0.29) is 23.2 Å². The van der Waals surface area contributed by atoms with E-state index in [1.54, 1.807) is 0 Å². The number of carboxylic acid groups (broad SMARTS) is 1. The van der Waals surface area contributed by atoms with E-state index >= 15 is 0 Å². The van der Waals surface area contributed by atoms with Crippen LogP contribution in [0.15, 0.2) is 18.3 Å². The maximum atomic E-state index is 11.9. The molecule has 0 spiro atoms. The minimum atomic E-state index is -1.06. The number of aromatic carboxylic acids is 1. The van der Waals surface area contributed by atoms with Gasteiger partial charge in [0.15, 0.2) is 0 Å². The van der Waals surface area contributed by atoms with E-state index in [2.05, 4.69) is 10.3 Å². The van der Waals surface area contributed by atoms with Gasteiger partial charge in [-0.1, -0.05) is 6.92 Å². The van der Waals surface area contributed by atoms with E-state index in [9.17, 15) is 9.59 Å². The third-order valence-corrected chi connectivity index (χ3v) is 2.90. The van der Waals surface area contributed by atoms with Crippen LogP contribution in [-0.4, -0.2) is 34.7 Å². The molecule has 18 heavy (non-hydrogen) atoms. The number of aromatic nitrogens is 1. The maximum absolute atomic E-state index is 11.9. The maximum Gasteiger partial charge on any atom is 0.335 e. The number of hydrogen-bond acceptors (Lipinski definition) is 4. The Labute approximate surface area is 104 Å². The zero-order valence-corrected chi connectivity index (χ0v) is 9.92. The molecule has 2 N–H and O–H groups in total. The predicted molar refractivity (Wildman–Crippen MR) is 63.3 cm³/mol. The molecule has 96 valence electrons. The summed E-state index contributed by atoms with van der Waals surface area (Å²) < 4.78 is 5.32. The van der Waals surface area contributed by atoms with Gasteiger partial charge in [-0.15, -0.1) is 0 Å². The quantitative estimate of drug-likeness (QED) is 0.839. The highest BCUT2D eigenvalue weighted by atomic mass is 16.5. The van der Waals surface area contributed by atoms with E-state index < -0.39 is 12.1 Å². The highest BCUT2D eigenvalue weighted by Gasteiger charge is 2.31. The third-order valence-electron chi connectivity index (χ3n) is 2.90. The molecule has 6 heteroatoms. The summed E-state index contributed by atoms with van der Waals surface area (Å²) in [6.45, 7) is 2.51. The Morgan fingerprint density at radius 1 is 1.56 bits per heavy atom. The number of anilines is 1. The molecular formula is C12H14N2O4. The summed E-state index contributed by atoms with van der Waals surface area (Å²) in [6.07, 6.45) is 1.71. The van der Waals surface area contributed by atoms with Crippen molar-refractivity contribution in [3.05, 3.63) is 23.9 Å². The van der Waals surface area contributed by atoms with Crippen molar-refractivity contribution < 1.29 is 19.4 Å². The lowest BCUT2D eigenvalue weighted by molar-refractivity contribution is -0.126. The minimum Gasteiger partial charge on any atom is -0.478 e. The van der Waals surface area contributed by atoms with Gasteiger partial charge < -0.3 is 15.2 Å². The first kappa shape index (κ1) is 12.5. The summed E-state index contributed by atoms with van der Waals surface area (Å²) in [4.78, 5) is 26.6. The summed E-state index contributed by atoms with van der Waals surface area (Å²) in [7, 11) is 0. The molecule has 2 rings (SSSR count). The van der Waals surface area contributed by atoms with Crippen molar-refractivity contribution >= 4 is 17.7 Å². The van der Waals surface area contributed by atoms with Gasteiger partial charge in [0.25, 0.3) is 5.91 Å². The Kier molecular flexibility index (Phi) is 3.57. The van der Waals surface area contributed by atoms with Crippen LogP contribution in [0.5, 0.6) is 0 Å². The van der Waals surface area contributed by atoms with E-state index in [1.807, 2.05) is 6.92 Å². The molecule has 1 amide bonds. The van der Waals surface area contributed by atoms with Crippen molar-refractivity contribution in [2.75, 3.05) is 11.9 Å². The molecule has 0 radical (unpaired) electrons. The summed E-state index contributed by atoms with van der Waals surface area (Å²) in [5.41, 5.74) is 0.0840. The van der Waals surface area contributed by atoms with Crippen LogP contribution in [0, 0.1) is 5.92 Å². The van der Waals surface area contributed by atoms with Crippen LogP contribution >= 0.6 is 0 Å². The number of pyridine rings is 1. The summed E-state index contributed by atoms with van der Waals surface area (Å²) in [6, 6.07) is 2.69. The molecule has 0 aliphatic carbocycles. The molecule has 0 bridgehead atoms. The fraction of sp³-hybridized carbons (Fsp3) is 0.417. The van der Waals surface area contributed by atoms with Crippen LogP contribution in [0.1, 0.15) is 23.7 Å². The highest BCUT2D eigenvalue weighted by Crippen LogP contribution is 2.21. The molecule has 1 aliphatic heterocycles. The Balaban J connectivity index is 2.07. The Morgan fingerprint density at radius 3 is 2.94 bits per heavy atom. The number of hydrogen-bond donors (Lipinski definition) is 2. The fourth-order valence-electron chi connectivity index (χ4n) is 1.86. The zero-order chi connectivity index (χ0) is 13.1. The van der Waals surface area contributed by atoms with Crippen LogP contribution in [0.3, 0.4) is 0 Å². The fourth-order valence-corrected chi connectivity index (χ4v) is 1.86. The first-order valence-corrected chi connectivity index (χ1v) is 5.70. The standard InChI is InChI=1S/C12H14N2O4/c1-7-3-5-18-10(7)11(15)14-9-6-8(12(16)17)2-4-13-9/h2,4,6-7,10H,3,5H2,1H3,(H,16,17)(H,13,14,15). The molecule has 2 unspecified atom stereocenters. The largest absolute Gasteiger partial charge is 0.478 e. The van der Waals surface area contributed by atoms with E-state index in [4.69, 9.17) is 9.84 Å². The van der Waals surface area contributed by atoms with E-state index in [0.29, 0.717) is 6.61 Å². The van der Waals surface area contributed by atoms with Crippen molar-refractivity contribution in [3.8, 4) is 0 Å². The molecule has 6 nitrogen and oxygen atoms in total. The Hall–Kier alpha value is -1.95. The topological polar surface area (TPSA) is 88.5 Å². The minimum absolute atomic E-state index is 0.0840. The molecule has 2 heterocycles. The molecule has 2 atom stereocenters. The summed E-state index contributed by atoms with van der Waals surface area (Å²) >= 11 is 0. The zero-order valence-electron chi connectivity index (χ0n) is 9.92. The lowest BCUT2D eigenvalue weighted by Crippen LogP contribution is -2.31. The van der Waals surface area contributed by atoms with Gasteiger partial charge in [0.2, 0.25) is 0 Å². The number of carbonyl (C=O) groups excluding carboxylic acids is 1. The average Bonchev–Trinajstić information content (AvgIpc) is 2.76. The van der Waals surface area contributed by atoms with Crippen LogP contribution < -0.4 is 5.32 Å². The van der Waals surface area contributed by atoms with E-state index in [1.165, 1.54) is 18.3 Å².